The highest BCUT2D eigenvalue weighted by Crippen LogP contribution is 2.38. The van der Waals surface area contributed by atoms with Gasteiger partial charge >= 0.3 is 0 Å². The zero-order chi connectivity index (χ0) is 34.5. The normalized spacial score (nSPS) is 19.1. The fraction of sp³-hybridized carbons (Fsp3) is 0.326. The lowest BCUT2D eigenvalue weighted by atomic mass is 10.0. The Kier molecular flexibility index (Phi) is 10.3. The first-order chi connectivity index (χ1) is 24.5. The van der Waals surface area contributed by atoms with E-state index in [2.05, 4.69) is 67.4 Å². The van der Waals surface area contributed by atoms with Gasteiger partial charge in [-0.15, -0.1) is 0 Å². The van der Waals surface area contributed by atoms with Crippen LogP contribution in [0.4, 0.5) is 0 Å². The SMILES string of the molecule is CCC1OC1CCOc1ccc(-c2ccc(Oc3cccnc3Oc3ccc(-c4ccc(OCCC5OC5CC)cc4)cc3C)c(C)c2)cc1. The molecule has 258 valence electrons. The van der Waals surface area contributed by atoms with Crippen molar-refractivity contribution in [2.75, 3.05) is 13.2 Å². The summed E-state index contributed by atoms with van der Waals surface area (Å²) in [6, 6.07) is 32.5. The molecule has 5 aromatic rings. The monoisotopic (exact) mass is 671 g/mol. The van der Waals surface area contributed by atoms with E-state index in [0.717, 1.165) is 82.1 Å². The lowest BCUT2D eigenvalue weighted by Gasteiger charge is -2.15. The molecule has 0 radical (unpaired) electrons. The summed E-state index contributed by atoms with van der Waals surface area (Å²) in [6.07, 6.45) is 7.25. The number of hydrogen-bond donors (Lipinski definition) is 0. The molecule has 7 heteroatoms. The molecule has 4 unspecified atom stereocenters. The van der Waals surface area contributed by atoms with E-state index in [1.54, 1.807) is 6.20 Å². The Morgan fingerprint density at radius 2 is 1.02 bits per heavy atom. The molecule has 2 aliphatic rings. The molecule has 7 nitrogen and oxygen atoms in total. The second-order valence-electron chi connectivity index (χ2n) is 13.0. The zero-order valence-electron chi connectivity index (χ0n) is 29.3. The van der Waals surface area contributed by atoms with Crippen LogP contribution in [-0.4, -0.2) is 42.6 Å². The molecule has 50 heavy (non-hydrogen) atoms. The van der Waals surface area contributed by atoms with E-state index < -0.39 is 0 Å². The second-order valence-corrected chi connectivity index (χ2v) is 13.0. The van der Waals surface area contributed by atoms with Crippen molar-refractivity contribution in [3.63, 3.8) is 0 Å². The van der Waals surface area contributed by atoms with E-state index in [1.807, 2.05) is 62.4 Å². The van der Waals surface area contributed by atoms with Crippen LogP contribution in [0.5, 0.6) is 34.6 Å². The molecule has 2 saturated heterocycles. The minimum Gasteiger partial charge on any atom is -0.493 e. The molecule has 0 N–H and O–H groups in total. The van der Waals surface area contributed by atoms with E-state index in [0.29, 0.717) is 49.3 Å². The third-order valence-corrected chi connectivity index (χ3v) is 9.41. The third-order valence-electron chi connectivity index (χ3n) is 9.41. The fourth-order valence-corrected chi connectivity index (χ4v) is 6.30. The Balaban J connectivity index is 0.954. The third kappa shape index (κ3) is 8.29. The average Bonchev–Trinajstić information content (AvgIpc) is 4.08. The maximum absolute atomic E-state index is 6.37. The maximum Gasteiger partial charge on any atom is 0.263 e. The van der Waals surface area contributed by atoms with E-state index in [9.17, 15) is 0 Å². The largest absolute Gasteiger partial charge is 0.493 e. The summed E-state index contributed by atoms with van der Waals surface area (Å²) in [5, 5.41) is 0. The molecule has 2 fully saturated rings. The van der Waals surface area contributed by atoms with Gasteiger partial charge in [0.05, 0.1) is 37.6 Å². The molecule has 2 aliphatic heterocycles. The van der Waals surface area contributed by atoms with Gasteiger partial charge in [-0.25, -0.2) is 4.98 Å². The summed E-state index contributed by atoms with van der Waals surface area (Å²) in [4.78, 5) is 4.51. The fourth-order valence-electron chi connectivity index (χ4n) is 6.30. The first-order valence-electron chi connectivity index (χ1n) is 17.8. The van der Waals surface area contributed by atoms with Gasteiger partial charge in [-0.2, -0.15) is 0 Å². The molecular weight excluding hydrogens is 626 g/mol. The van der Waals surface area contributed by atoms with Gasteiger partial charge < -0.3 is 28.4 Å². The lowest BCUT2D eigenvalue weighted by molar-refractivity contribution is 0.280. The standard InChI is InChI=1S/C43H45NO6/c1-5-36-40(47-36)21-24-45-34-15-9-30(10-16-34)32-13-19-38(28(3)26-32)49-42-8-7-23-44-43(42)50-39-20-14-33(27-29(39)4)31-11-17-35(18-12-31)46-25-22-41-37(6-2)48-41/h7-20,23,26-27,36-37,40-41H,5-6,21-22,24-25H2,1-4H3. The summed E-state index contributed by atoms with van der Waals surface area (Å²) in [5.41, 5.74) is 6.43. The van der Waals surface area contributed by atoms with Gasteiger partial charge in [0.2, 0.25) is 0 Å². The van der Waals surface area contributed by atoms with Gasteiger partial charge in [0.1, 0.15) is 23.0 Å². The average molecular weight is 672 g/mol. The zero-order valence-corrected chi connectivity index (χ0v) is 29.3. The predicted octanol–water partition coefficient (Wildman–Crippen LogP) is 10.5. The van der Waals surface area contributed by atoms with Gasteiger partial charge in [0.15, 0.2) is 5.75 Å². The summed E-state index contributed by atoms with van der Waals surface area (Å²) in [5.74, 6) is 4.15. The molecule has 1 aromatic heterocycles. The van der Waals surface area contributed by atoms with E-state index in [4.69, 9.17) is 28.4 Å². The number of rotatable bonds is 16. The number of benzene rings is 4. The minimum absolute atomic E-state index is 0.356. The van der Waals surface area contributed by atoms with Crippen LogP contribution in [0.2, 0.25) is 0 Å². The number of nitrogens with zero attached hydrogens (tertiary/aromatic N) is 1. The van der Waals surface area contributed by atoms with Crippen LogP contribution < -0.4 is 18.9 Å². The summed E-state index contributed by atoms with van der Waals surface area (Å²) < 4.78 is 35.8. The van der Waals surface area contributed by atoms with Crippen molar-refractivity contribution in [1.82, 2.24) is 4.98 Å². The van der Waals surface area contributed by atoms with Crippen LogP contribution in [0.15, 0.2) is 103 Å². The first kappa shape index (κ1) is 33.6. The van der Waals surface area contributed by atoms with Crippen molar-refractivity contribution in [2.45, 2.75) is 77.8 Å². The number of hydrogen-bond acceptors (Lipinski definition) is 7. The molecule has 0 bridgehead atoms. The first-order valence-corrected chi connectivity index (χ1v) is 17.8. The number of aryl methyl sites for hydroxylation is 2. The molecule has 0 aliphatic carbocycles. The smallest absolute Gasteiger partial charge is 0.263 e. The molecule has 0 amide bonds. The molecular formula is C43H45NO6. The Morgan fingerprint density at radius 3 is 1.48 bits per heavy atom. The number of ether oxygens (including phenoxy) is 6. The van der Waals surface area contributed by atoms with Crippen LogP contribution >= 0.6 is 0 Å². The van der Waals surface area contributed by atoms with Crippen molar-refractivity contribution in [3.05, 3.63) is 114 Å². The topological polar surface area (TPSA) is 74.9 Å². The van der Waals surface area contributed by atoms with Gasteiger partial charge in [-0.3, -0.25) is 0 Å². The van der Waals surface area contributed by atoms with Crippen molar-refractivity contribution in [1.29, 1.82) is 0 Å². The lowest BCUT2D eigenvalue weighted by Crippen LogP contribution is -2.03. The number of epoxide rings is 2. The minimum atomic E-state index is 0.356. The Hall–Kier alpha value is -4.85. The van der Waals surface area contributed by atoms with Gasteiger partial charge in [-0.05, 0) is 121 Å². The number of aromatic nitrogens is 1. The Morgan fingerprint density at radius 1 is 0.540 bits per heavy atom. The molecule has 4 atom stereocenters. The van der Waals surface area contributed by atoms with Crippen molar-refractivity contribution in [2.24, 2.45) is 0 Å². The van der Waals surface area contributed by atoms with Gasteiger partial charge in [0, 0.05) is 19.0 Å². The molecule has 4 aromatic carbocycles. The van der Waals surface area contributed by atoms with E-state index >= 15 is 0 Å². The maximum atomic E-state index is 6.37. The van der Waals surface area contributed by atoms with Crippen LogP contribution in [0.3, 0.4) is 0 Å². The molecule has 7 rings (SSSR count). The second kappa shape index (κ2) is 15.4. The summed E-state index contributed by atoms with van der Waals surface area (Å²) in [7, 11) is 0. The van der Waals surface area contributed by atoms with Gasteiger partial charge in [0.25, 0.3) is 5.88 Å². The molecule has 0 spiro atoms. The molecule has 0 saturated carbocycles. The summed E-state index contributed by atoms with van der Waals surface area (Å²) in [6.45, 7) is 9.72. The van der Waals surface area contributed by atoms with Gasteiger partial charge in [-0.1, -0.05) is 50.2 Å². The Bertz CT molecular complexity index is 1750. The Labute approximate surface area is 295 Å². The highest BCUT2D eigenvalue weighted by atomic mass is 16.6. The highest BCUT2D eigenvalue weighted by Gasteiger charge is 2.37. The molecule has 3 heterocycles. The van der Waals surface area contributed by atoms with Crippen LogP contribution in [0, 0.1) is 13.8 Å². The van der Waals surface area contributed by atoms with Crippen LogP contribution in [0.25, 0.3) is 22.3 Å². The van der Waals surface area contributed by atoms with Crippen molar-refractivity contribution < 1.29 is 28.4 Å². The van der Waals surface area contributed by atoms with Crippen molar-refractivity contribution in [3.8, 4) is 56.9 Å². The van der Waals surface area contributed by atoms with E-state index in [1.165, 1.54) is 0 Å². The van der Waals surface area contributed by atoms with E-state index in [-0.39, 0.29) is 0 Å². The van der Waals surface area contributed by atoms with Crippen LogP contribution in [-0.2, 0) is 9.47 Å². The van der Waals surface area contributed by atoms with Crippen LogP contribution in [0.1, 0.15) is 50.7 Å². The highest BCUT2D eigenvalue weighted by molar-refractivity contribution is 5.67. The number of pyridine rings is 1. The predicted molar refractivity (Wildman–Crippen MR) is 196 cm³/mol. The van der Waals surface area contributed by atoms with Crippen molar-refractivity contribution >= 4 is 0 Å². The summed E-state index contributed by atoms with van der Waals surface area (Å²) >= 11 is 0. The quantitative estimate of drug-likeness (QED) is 0.0967.